The molecule has 0 aliphatic carbocycles. The average molecular weight is 428 g/mol. The normalized spacial score (nSPS) is 14.4. The third-order valence-corrected chi connectivity index (χ3v) is 4.83. The molecule has 1 heterocycles. The number of nitrogens with one attached hydrogen (secondary N) is 1. The molecule has 4 nitrogen and oxygen atoms in total. The number of halogens is 3. The topological polar surface area (TPSA) is 41.6 Å². The van der Waals surface area contributed by atoms with Gasteiger partial charge < -0.3 is 15.0 Å². The average Bonchev–Trinajstić information content (AvgIpc) is 2.59. The van der Waals surface area contributed by atoms with Crippen molar-refractivity contribution in [2.24, 2.45) is 0 Å². The Morgan fingerprint density at radius 2 is 2.04 bits per heavy atom. The second-order valence-electron chi connectivity index (χ2n) is 5.69. The fourth-order valence-corrected chi connectivity index (χ4v) is 3.34. The van der Waals surface area contributed by atoms with Gasteiger partial charge >= 0.3 is 0 Å². The van der Waals surface area contributed by atoms with Crippen molar-refractivity contribution in [3.05, 3.63) is 57.3 Å². The molecule has 0 radical (unpaired) electrons. The zero-order valence-electron chi connectivity index (χ0n) is 13.4. The molecule has 0 atom stereocenters. The van der Waals surface area contributed by atoms with Crippen LogP contribution >= 0.6 is 27.5 Å². The van der Waals surface area contributed by atoms with Crippen LogP contribution < -0.4 is 10.2 Å². The van der Waals surface area contributed by atoms with E-state index in [0.717, 1.165) is 23.2 Å². The predicted molar refractivity (Wildman–Crippen MR) is 101 cm³/mol. The summed E-state index contributed by atoms with van der Waals surface area (Å²) in [4.78, 5) is 14.6. The lowest BCUT2D eigenvalue weighted by molar-refractivity contribution is -0.115. The van der Waals surface area contributed by atoms with Crippen molar-refractivity contribution in [3.8, 4) is 0 Å². The number of ether oxygens (including phenoxy) is 1. The molecule has 1 fully saturated rings. The Labute approximate surface area is 159 Å². The van der Waals surface area contributed by atoms with E-state index in [1.807, 2.05) is 18.2 Å². The Bertz CT molecular complexity index is 761. The summed E-state index contributed by atoms with van der Waals surface area (Å²) >= 11 is 9.43. The second kappa shape index (κ2) is 8.17. The first kappa shape index (κ1) is 18.2. The molecular formula is C18H17BrClFN2O2. The summed E-state index contributed by atoms with van der Waals surface area (Å²) in [5.74, 6) is -0.801. The molecule has 1 amide bonds. The first-order valence-electron chi connectivity index (χ1n) is 7.89. The van der Waals surface area contributed by atoms with Crippen molar-refractivity contribution in [1.29, 1.82) is 0 Å². The fourth-order valence-electron chi connectivity index (χ4n) is 2.74. The van der Waals surface area contributed by atoms with E-state index < -0.39 is 5.82 Å². The second-order valence-corrected chi connectivity index (χ2v) is 7.01. The zero-order valence-corrected chi connectivity index (χ0v) is 15.7. The molecule has 0 saturated carbocycles. The highest BCUT2D eigenvalue weighted by Gasteiger charge is 2.18. The number of hydrogen-bond donors (Lipinski definition) is 1. The smallest absolute Gasteiger partial charge is 0.229 e. The Hall–Kier alpha value is -1.63. The van der Waals surface area contributed by atoms with Crippen molar-refractivity contribution in [3.63, 3.8) is 0 Å². The van der Waals surface area contributed by atoms with Crippen LogP contribution in [0.25, 0.3) is 0 Å². The molecule has 3 rings (SSSR count). The molecule has 0 bridgehead atoms. The molecule has 1 aliphatic rings. The highest BCUT2D eigenvalue weighted by atomic mass is 79.9. The van der Waals surface area contributed by atoms with Crippen LogP contribution in [0.1, 0.15) is 5.56 Å². The maximum Gasteiger partial charge on any atom is 0.229 e. The van der Waals surface area contributed by atoms with Crippen LogP contribution in [0, 0.1) is 5.82 Å². The summed E-state index contributed by atoms with van der Waals surface area (Å²) in [5.41, 5.74) is 1.79. The van der Waals surface area contributed by atoms with Crippen molar-refractivity contribution >= 4 is 44.8 Å². The predicted octanol–water partition coefficient (Wildman–Crippen LogP) is 4.26. The molecule has 0 unspecified atom stereocenters. The Kier molecular flexibility index (Phi) is 5.93. The van der Waals surface area contributed by atoms with Gasteiger partial charge in [0.15, 0.2) is 0 Å². The number of benzene rings is 2. The summed E-state index contributed by atoms with van der Waals surface area (Å²) in [6, 6.07) is 10.1. The molecular weight excluding hydrogens is 411 g/mol. The van der Waals surface area contributed by atoms with E-state index in [0.29, 0.717) is 18.9 Å². The molecule has 1 aliphatic heterocycles. The fraction of sp³-hybridized carbons (Fsp3) is 0.278. The number of hydrogen-bond acceptors (Lipinski definition) is 3. The standard InChI is InChI=1S/C18H17BrClFN2O2/c19-12-4-5-17(23-6-8-25-9-7-23)16(10-12)22-18(24)11-13-14(20)2-1-3-15(13)21/h1-5,10H,6-9,11H2,(H,22,24). The van der Waals surface area contributed by atoms with Gasteiger partial charge in [0, 0.05) is 28.1 Å². The maximum atomic E-state index is 13.9. The highest BCUT2D eigenvalue weighted by Crippen LogP contribution is 2.30. The van der Waals surface area contributed by atoms with Crippen molar-refractivity contribution in [2.45, 2.75) is 6.42 Å². The van der Waals surface area contributed by atoms with E-state index >= 15 is 0 Å². The lowest BCUT2D eigenvalue weighted by Crippen LogP contribution is -2.36. The molecule has 2 aromatic carbocycles. The van der Waals surface area contributed by atoms with Crippen molar-refractivity contribution in [1.82, 2.24) is 0 Å². The maximum absolute atomic E-state index is 13.9. The quantitative estimate of drug-likeness (QED) is 0.793. The molecule has 0 aromatic heterocycles. The van der Waals surface area contributed by atoms with Gasteiger partial charge in [0.25, 0.3) is 0 Å². The van der Waals surface area contributed by atoms with Gasteiger partial charge in [0.1, 0.15) is 5.82 Å². The summed E-state index contributed by atoms with van der Waals surface area (Å²) in [5, 5.41) is 3.12. The largest absolute Gasteiger partial charge is 0.378 e. The molecule has 1 saturated heterocycles. The number of rotatable bonds is 4. The first-order valence-corrected chi connectivity index (χ1v) is 9.06. The number of morpholine rings is 1. The van der Waals surface area contributed by atoms with Crippen molar-refractivity contribution < 1.29 is 13.9 Å². The number of carbonyl (C=O) groups excluding carboxylic acids is 1. The van der Waals surface area contributed by atoms with E-state index in [9.17, 15) is 9.18 Å². The van der Waals surface area contributed by atoms with E-state index in [2.05, 4.69) is 26.1 Å². The van der Waals surface area contributed by atoms with Crippen LogP contribution in [0.2, 0.25) is 5.02 Å². The number of anilines is 2. The molecule has 0 spiro atoms. The minimum Gasteiger partial charge on any atom is -0.378 e. The third kappa shape index (κ3) is 4.51. The van der Waals surface area contributed by atoms with Crippen LogP contribution in [0.15, 0.2) is 40.9 Å². The number of nitrogens with zero attached hydrogens (tertiary/aromatic N) is 1. The lowest BCUT2D eigenvalue weighted by Gasteiger charge is -2.30. The lowest BCUT2D eigenvalue weighted by atomic mass is 10.1. The van der Waals surface area contributed by atoms with Crippen LogP contribution in [0.5, 0.6) is 0 Å². The summed E-state index contributed by atoms with van der Waals surface area (Å²) in [7, 11) is 0. The summed E-state index contributed by atoms with van der Waals surface area (Å²) < 4.78 is 20.1. The van der Waals surface area contributed by atoms with Crippen LogP contribution in [0.3, 0.4) is 0 Å². The Balaban J connectivity index is 1.79. The van der Waals surface area contributed by atoms with E-state index in [4.69, 9.17) is 16.3 Å². The van der Waals surface area contributed by atoms with Crippen LogP contribution in [-0.2, 0) is 16.0 Å². The zero-order chi connectivity index (χ0) is 17.8. The van der Waals surface area contributed by atoms with E-state index in [1.54, 1.807) is 6.07 Å². The van der Waals surface area contributed by atoms with Gasteiger partial charge in [-0.2, -0.15) is 0 Å². The van der Waals surface area contributed by atoms with Crippen molar-refractivity contribution in [2.75, 3.05) is 36.5 Å². The van der Waals surface area contributed by atoms with Gasteiger partial charge in [0.2, 0.25) is 5.91 Å². The summed E-state index contributed by atoms with van der Waals surface area (Å²) in [6.45, 7) is 2.80. The third-order valence-electron chi connectivity index (χ3n) is 3.98. The van der Waals surface area contributed by atoms with Gasteiger partial charge in [-0.05, 0) is 30.3 Å². The first-order chi connectivity index (χ1) is 12.0. The monoisotopic (exact) mass is 426 g/mol. The highest BCUT2D eigenvalue weighted by molar-refractivity contribution is 9.10. The molecule has 7 heteroatoms. The summed E-state index contributed by atoms with van der Waals surface area (Å²) in [6.07, 6.45) is -0.124. The van der Waals surface area contributed by atoms with Crippen LogP contribution in [-0.4, -0.2) is 32.2 Å². The van der Waals surface area contributed by atoms with Gasteiger partial charge in [0.05, 0.1) is 31.0 Å². The van der Waals surface area contributed by atoms with E-state index in [-0.39, 0.29) is 22.9 Å². The number of amides is 1. The number of carbonyl (C=O) groups is 1. The van der Waals surface area contributed by atoms with Gasteiger partial charge in [-0.3, -0.25) is 4.79 Å². The molecule has 132 valence electrons. The molecule has 1 N–H and O–H groups in total. The van der Waals surface area contributed by atoms with Gasteiger partial charge in [-0.15, -0.1) is 0 Å². The minimum absolute atomic E-state index is 0.124. The SMILES string of the molecule is O=C(Cc1c(F)cccc1Cl)Nc1cc(Br)ccc1N1CCOCC1. The van der Waals surface area contributed by atoms with Crippen LogP contribution in [0.4, 0.5) is 15.8 Å². The molecule has 25 heavy (non-hydrogen) atoms. The van der Waals surface area contributed by atoms with E-state index in [1.165, 1.54) is 12.1 Å². The van der Waals surface area contributed by atoms with Gasteiger partial charge in [-0.1, -0.05) is 33.6 Å². The minimum atomic E-state index is -0.481. The molecule has 2 aromatic rings. The van der Waals surface area contributed by atoms with Gasteiger partial charge in [-0.25, -0.2) is 4.39 Å². The Morgan fingerprint density at radius 1 is 1.28 bits per heavy atom. The Morgan fingerprint density at radius 3 is 2.76 bits per heavy atom.